The van der Waals surface area contributed by atoms with Gasteiger partial charge in [-0.25, -0.2) is 4.79 Å². The second kappa shape index (κ2) is 7.26. The van der Waals surface area contributed by atoms with Crippen LogP contribution in [-0.2, 0) is 14.3 Å². The number of piperidine rings is 1. The molecule has 1 aromatic carbocycles. The average molecular weight is 318 g/mol. The van der Waals surface area contributed by atoms with E-state index in [1.807, 2.05) is 6.92 Å². The van der Waals surface area contributed by atoms with Crippen LogP contribution in [0.2, 0.25) is 0 Å². The minimum absolute atomic E-state index is 0.00799. The summed E-state index contributed by atoms with van der Waals surface area (Å²) in [5.74, 6) is -0.804. The lowest BCUT2D eigenvalue weighted by Crippen LogP contribution is -2.42. The van der Waals surface area contributed by atoms with Gasteiger partial charge in [0.2, 0.25) is 11.8 Å². The number of carbonyl (C=O) groups excluding carboxylic acids is 3. The highest BCUT2D eigenvalue weighted by Crippen LogP contribution is 2.22. The van der Waals surface area contributed by atoms with Gasteiger partial charge >= 0.3 is 5.97 Å². The molecule has 124 valence electrons. The molecule has 1 atom stereocenters. The molecule has 6 nitrogen and oxygen atoms in total. The van der Waals surface area contributed by atoms with Gasteiger partial charge in [0, 0.05) is 25.7 Å². The smallest absolute Gasteiger partial charge is 0.337 e. The first kappa shape index (κ1) is 17.0. The number of nitrogens with zero attached hydrogens (tertiary/aromatic N) is 1. The summed E-state index contributed by atoms with van der Waals surface area (Å²) in [5, 5.41) is 2.87. The quantitative estimate of drug-likeness (QED) is 0.865. The number of hydrogen-bond donors (Lipinski definition) is 1. The number of likely N-dealkylation sites (tertiary alicyclic amines) is 1. The third-order valence-electron chi connectivity index (χ3n) is 4.15. The van der Waals surface area contributed by atoms with Crippen LogP contribution in [0.4, 0.5) is 5.69 Å². The Labute approximate surface area is 135 Å². The van der Waals surface area contributed by atoms with Gasteiger partial charge in [-0.3, -0.25) is 9.59 Å². The summed E-state index contributed by atoms with van der Waals surface area (Å²) < 4.78 is 4.70. The molecule has 0 unspecified atom stereocenters. The average Bonchev–Trinajstić information content (AvgIpc) is 2.56. The number of amides is 2. The van der Waals surface area contributed by atoms with Crippen LogP contribution in [0.1, 0.15) is 35.7 Å². The predicted molar refractivity (Wildman–Crippen MR) is 86.1 cm³/mol. The van der Waals surface area contributed by atoms with Gasteiger partial charge in [-0.2, -0.15) is 0 Å². The Morgan fingerprint density at radius 1 is 1.30 bits per heavy atom. The standard InChI is InChI=1S/C17H22N2O4/c1-11-6-7-13(17(22)23-3)9-15(11)18-16(21)14-5-4-8-19(10-14)12(2)20/h6-7,9,14H,4-5,8,10H2,1-3H3,(H,18,21)/t14-/m0/s1. The molecule has 1 N–H and O–H groups in total. The van der Waals surface area contributed by atoms with Crippen LogP contribution in [-0.4, -0.2) is 42.9 Å². The molecule has 1 aliphatic rings. The fraction of sp³-hybridized carbons (Fsp3) is 0.471. The maximum atomic E-state index is 12.5. The van der Waals surface area contributed by atoms with Crippen LogP contribution >= 0.6 is 0 Å². The molecule has 2 rings (SSSR count). The zero-order valence-corrected chi connectivity index (χ0v) is 13.7. The molecule has 0 bridgehead atoms. The highest BCUT2D eigenvalue weighted by molar-refractivity contribution is 5.96. The topological polar surface area (TPSA) is 75.7 Å². The van der Waals surface area contributed by atoms with Gasteiger partial charge in [0.15, 0.2) is 0 Å². The lowest BCUT2D eigenvalue weighted by Gasteiger charge is -2.31. The maximum Gasteiger partial charge on any atom is 0.337 e. The van der Waals surface area contributed by atoms with Crippen molar-refractivity contribution in [2.45, 2.75) is 26.7 Å². The molecule has 1 saturated heterocycles. The minimum atomic E-state index is -0.444. The normalized spacial score (nSPS) is 17.5. The molecule has 1 aliphatic heterocycles. The number of ether oxygens (including phenoxy) is 1. The zero-order valence-electron chi connectivity index (χ0n) is 13.7. The van der Waals surface area contributed by atoms with Crippen molar-refractivity contribution in [1.29, 1.82) is 0 Å². The number of esters is 1. The minimum Gasteiger partial charge on any atom is -0.465 e. The van der Waals surface area contributed by atoms with Crippen LogP contribution in [0.25, 0.3) is 0 Å². The number of aryl methyl sites for hydroxylation is 1. The van der Waals surface area contributed by atoms with Crippen LogP contribution in [0.5, 0.6) is 0 Å². The van der Waals surface area contributed by atoms with Gasteiger partial charge in [-0.1, -0.05) is 6.07 Å². The Kier molecular flexibility index (Phi) is 5.36. The summed E-state index contributed by atoms with van der Waals surface area (Å²) in [6.45, 7) is 4.52. The third-order valence-corrected chi connectivity index (χ3v) is 4.15. The molecular weight excluding hydrogens is 296 g/mol. The van der Waals surface area contributed by atoms with E-state index >= 15 is 0 Å². The molecule has 6 heteroatoms. The van der Waals surface area contributed by atoms with Gasteiger partial charge in [0.25, 0.3) is 0 Å². The molecule has 0 aromatic heterocycles. The fourth-order valence-corrected chi connectivity index (χ4v) is 2.71. The van der Waals surface area contributed by atoms with E-state index < -0.39 is 5.97 Å². The molecule has 23 heavy (non-hydrogen) atoms. The summed E-state index contributed by atoms with van der Waals surface area (Å²) in [4.78, 5) is 37.3. The summed E-state index contributed by atoms with van der Waals surface area (Å²) in [6.07, 6.45) is 1.57. The SMILES string of the molecule is COC(=O)c1ccc(C)c(NC(=O)[C@H]2CCCN(C(C)=O)C2)c1. The van der Waals surface area contributed by atoms with Crippen molar-refractivity contribution < 1.29 is 19.1 Å². The number of hydrogen-bond acceptors (Lipinski definition) is 4. The van der Waals surface area contributed by atoms with E-state index in [9.17, 15) is 14.4 Å². The molecule has 1 fully saturated rings. The Balaban J connectivity index is 2.10. The number of nitrogens with one attached hydrogen (secondary N) is 1. The van der Waals surface area contributed by atoms with Gasteiger partial charge in [0.1, 0.15) is 0 Å². The van der Waals surface area contributed by atoms with Crippen LogP contribution in [0.15, 0.2) is 18.2 Å². The Morgan fingerprint density at radius 3 is 2.70 bits per heavy atom. The molecule has 0 spiro atoms. The number of methoxy groups -OCH3 is 1. The second-order valence-corrected chi connectivity index (χ2v) is 5.81. The summed E-state index contributed by atoms with van der Waals surface area (Å²) in [7, 11) is 1.32. The van der Waals surface area contributed by atoms with Crippen molar-refractivity contribution in [3.63, 3.8) is 0 Å². The van der Waals surface area contributed by atoms with Crippen molar-refractivity contribution in [2.24, 2.45) is 5.92 Å². The van der Waals surface area contributed by atoms with Crippen molar-refractivity contribution in [1.82, 2.24) is 4.90 Å². The van der Waals surface area contributed by atoms with Gasteiger partial charge in [0.05, 0.1) is 18.6 Å². The summed E-state index contributed by atoms with van der Waals surface area (Å²) >= 11 is 0. The highest BCUT2D eigenvalue weighted by Gasteiger charge is 2.27. The van der Waals surface area contributed by atoms with Crippen molar-refractivity contribution in [2.75, 3.05) is 25.5 Å². The number of benzene rings is 1. The third kappa shape index (κ3) is 4.09. The molecule has 0 saturated carbocycles. The number of anilines is 1. The van der Waals surface area contributed by atoms with E-state index in [2.05, 4.69) is 5.32 Å². The number of carbonyl (C=O) groups is 3. The van der Waals surface area contributed by atoms with Crippen molar-refractivity contribution >= 4 is 23.5 Å². The predicted octanol–water partition coefficient (Wildman–Crippen LogP) is 1.98. The molecular formula is C17H22N2O4. The largest absolute Gasteiger partial charge is 0.465 e. The molecule has 0 aliphatic carbocycles. The lowest BCUT2D eigenvalue weighted by molar-refractivity contribution is -0.132. The van der Waals surface area contributed by atoms with Crippen LogP contribution in [0, 0.1) is 12.8 Å². The Bertz CT molecular complexity index is 627. The van der Waals surface area contributed by atoms with E-state index in [-0.39, 0.29) is 17.7 Å². The van der Waals surface area contributed by atoms with E-state index in [1.165, 1.54) is 14.0 Å². The van der Waals surface area contributed by atoms with Crippen LogP contribution in [0.3, 0.4) is 0 Å². The Hall–Kier alpha value is -2.37. The number of rotatable bonds is 3. The van der Waals surface area contributed by atoms with Crippen molar-refractivity contribution in [3.05, 3.63) is 29.3 Å². The lowest BCUT2D eigenvalue weighted by atomic mass is 9.96. The molecule has 1 aromatic rings. The van der Waals surface area contributed by atoms with Gasteiger partial charge in [-0.05, 0) is 37.5 Å². The second-order valence-electron chi connectivity index (χ2n) is 5.81. The van der Waals surface area contributed by atoms with Crippen molar-refractivity contribution in [3.8, 4) is 0 Å². The molecule has 2 amide bonds. The highest BCUT2D eigenvalue weighted by atomic mass is 16.5. The van der Waals surface area contributed by atoms with E-state index in [0.717, 1.165) is 18.4 Å². The van der Waals surface area contributed by atoms with Gasteiger partial charge in [-0.15, -0.1) is 0 Å². The van der Waals surface area contributed by atoms with Crippen LogP contribution < -0.4 is 5.32 Å². The zero-order chi connectivity index (χ0) is 17.0. The summed E-state index contributed by atoms with van der Waals surface area (Å²) in [6, 6.07) is 5.05. The fourth-order valence-electron chi connectivity index (χ4n) is 2.71. The monoisotopic (exact) mass is 318 g/mol. The Morgan fingerprint density at radius 2 is 2.04 bits per heavy atom. The first-order chi connectivity index (χ1) is 10.9. The first-order valence-corrected chi connectivity index (χ1v) is 7.67. The van der Waals surface area contributed by atoms with Gasteiger partial charge < -0.3 is 15.0 Å². The molecule has 1 heterocycles. The maximum absolute atomic E-state index is 12.5. The van der Waals surface area contributed by atoms with E-state index in [1.54, 1.807) is 23.1 Å². The van der Waals surface area contributed by atoms with E-state index in [0.29, 0.717) is 24.3 Å². The first-order valence-electron chi connectivity index (χ1n) is 7.67. The molecule has 0 radical (unpaired) electrons. The van der Waals surface area contributed by atoms with E-state index in [4.69, 9.17) is 4.74 Å². The summed E-state index contributed by atoms with van der Waals surface area (Å²) in [5.41, 5.74) is 1.85.